The van der Waals surface area contributed by atoms with Crippen LogP contribution in [-0.2, 0) is 11.3 Å². The van der Waals surface area contributed by atoms with Gasteiger partial charge in [-0.1, -0.05) is 6.42 Å². The van der Waals surface area contributed by atoms with Crippen LogP contribution in [0.2, 0.25) is 0 Å². The Morgan fingerprint density at radius 2 is 2.15 bits per heavy atom. The first-order chi connectivity index (χ1) is 9.56. The first-order valence-electron chi connectivity index (χ1n) is 6.85. The number of aliphatic hydroxyl groups excluding tert-OH is 1. The van der Waals surface area contributed by atoms with E-state index in [9.17, 15) is 14.7 Å². The number of nitrogens with one attached hydrogen (secondary N) is 2. The number of carbonyl (C=O) groups is 2. The highest BCUT2D eigenvalue weighted by Crippen LogP contribution is 2.25. The molecule has 0 bridgehead atoms. The van der Waals surface area contributed by atoms with Crippen molar-refractivity contribution in [1.82, 2.24) is 10.6 Å². The van der Waals surface area contributed by atoms with Crippen LogP contribution in [0.4, 0.5) is 0 Å². The highest BCUT2D eigenvalue weighted by atomic mass is 32.1. The van der Waals surface area contributed by atoms with Gasteiger partial charge in [-0.15, -0.1) is 11.3 Å². The molecule has 1 heterocycles. The lowest BCUT2D eigenvalue weighted by Crippen LogP contribution is -2.32. The fraction of sp³-hybridized carbons (Fsp3) is 0.571. The highest BCUT2D eigenvalue weighted by Gasteiger charge is 2.25. The summed E-state index contributed by atoms with van der Waals surface area (Å²) < 4.78 is 0. The van der Waals surface area contributed by atoms with Crippen LogP contribution in [0.15, 0.2) is 12.1 Å². The molecule has 1 aromatic heterocycles. The van der Waals surface area contributed by atoms with E-state index >= 15 is 0 Å². The first kappa shape index (κ1) is 15.0. The van der Waals surface area contributed by atoms with Crippen LogP contribution in [0.1, 0.15) is 40.7 Å². The lowest BCUT2D eigenvalue weighted by atomic mass is 10.1. The molecule has 5 nitrogen and oxygen atoms in total. The van der Waals surface area contributed by atoms with Crippen molar-refractivity contribution in [2.24, 2.45) is 5.92 Å². The Kier molecular flexibility index (Phi) is 5.14. The van der Waals surface area contributed by atoms with Gasteiger partial charge in [0.15, 0.2) is 0 Å². The van der Waals surface area contributed by atoms with Crippen LogP contribution in [-0.4, -0.2) is 29.6 Å². The molecule has 0 spiro atoms. The number of hydrogen-bond acceptors (Lipinski definition) is 4. The van der Waals surface area contributed by atoms with E-state index in [1.165, 1.54) is 18.3 Å². The summed E-state index contributed by atoms with van der Waals surface area (Å²) in [6, 6.07) is 3.61. The maximum absolute atomic E-state index is 12.0. The Hall–Kier alpha value is -1.40. The van der Waals surface area contributed by atoms with Gasteiger partial charge in [0.25, 0.3) is 5.91 Å². The highest BCUT2D eigenvalue weighted by molar-refractivity contribution is 7.14. The standard InChI is InChI=1S/C14H20N2O3S/c1-9(17)15-8-11-5-6-13(20-11)14(19)16-7-10-3-2-4-12(10)18/h5-6,10,12,18H,2-4,7-8H2,1H3,(H,15,17)(H,16,19). The van der Waals surface area contributed by atoms with Gasteiger partial charge >= 0.3 is 0 Å². The molecule has 0 aromatic carbocycles. The Balaban J connectivity index is 1.81. The molecular formula is C14H20N2O3S. The second-order valence-corrected chi connectivity index (χ2v) is 6.31. The van der Waals surface area contributed by atoms with Crippen LogP contribution >= 0.6 is 11.3 Å². The summed E-state index contributed by atoms with van der Waals surface area (Å²) in [5.41, 5.74) is 0. The quantitative estimate of drug-likeness (QED) is 0.766. The van der Waals surface area contributed by atoms with Gasteiger partial charge in [-0.3, -0.25) is 9.59 Å². The second kappa shape index (κ2) is 6.85. The van der Waals surface area contributed by atoms with Crippen molar-refractivity contribution in [3.05, 3.63) is 21.9 Å². The van der Waals surface area contributed by atoms with Gasteiger partial charge in [-0.2, -0.15) is 0 Å². The third kappa shape index (κ3) is 4.05. The molecule has 0 aliphatic heterocycles. The van der Waals surface area contributed by atoms with Crippen molar-refractivity contribution in [2.45, 2.75) is 38.8 Å². The lowest BCUT2D eigenvalue weighted by Gasteiger charge is -2.14. The van der Waals surface area contributed by atoms with Crippen molar-refractivity contribution < 1.29 is 14.7 Å². The summed E-state index contributed by atoms with van der Waals surface area (Å²) in [6.45, 7) is 2.45. The van der Waals surface area contributed by atoms with E-state index < -0.39 is 0 Å². The average molecular weight is 296 g/mol. The minimum absolute atomic E-state index is 0.0837. The van der Waals surface area contributed by atoms with E-state index in [2.05, 4.69) is 10.6 Å². The molecule has 1 aliphatic carbocycles. The van der Waals surface area contributed by atoms with Crippen LogP contribution < -0.4 is 10.6 Å². The molecule has 3 N–H and O–H groups in total. The number of thiophene rings is 1. The molecule has 1 aliphatic rings. The molecule has 2 unspecified atom stereocenters. The van der Waals surface area contributed by atoms with Gasteiger partial charge in [-0.05, 0) is 25.0 Å². The summed E-state index contributed by atoms with van der Waals surface area (Å²) in [5, 5.41) is 15.3. The maximum Gasteiger partial charge on any atom is 0.261 e. The molecule has 2 amide bonds. The van der Waals surface area contributed by atoms with Crippen LogP contribution in [0.3, 0.4) is 0 Å². The second-order valence-electron chi connectivity index (χ2n) is 5.14. The van der Waals surface area contributed by atoms with Crippen molar-refractivity contribution in [3.63, 3.8) is 0 Å². The van der Waals surface area contributed by atoms with Gasteiger partial charge in [0.2, 0.25) is 5.91 Å². The van der Waals surface area contributed by atoms with Crippen molar-refractivity contribution in [2.75, 3.05) is 6.54 Å². The predicted molar refractivity (Wildman–Crippen MR) is 77.5 cm³/mol. The van der Waals surface area contributed by atoms with E-state index in [1.807, 2.05) is 6.07 Å². The Morgan fingerprint density at radius 1 is 1.35 bits per heavy atom. The van der Waals surface area contributed by atoms with Crippen molar-refractivity contribution in [3.8, 4) is 0 Å². The smallest absolute Gasteiger partial charge is 0.261 e. The Morgan fingerprint density at radius 3 is 2.80 bits per heavy atom. The minimum Gasteiger partial charge on any atom is -0.393 e. The van der Waals surface area contributed by atoms with Crippen LogP contribution in [0, 0.1) is 5.92 Å². The molecule has 1 aromatic rings. The summed E-state index contributed by atoms with van der Waals surface area (Å²) in [5.74, 6) is -0.0134. The van der Waals surface area contributed by atoms with Gasteiger partial charge in [0.1, 0.15) is 0 Å². The van der Waals surface area contributed by atoms with Crippen LogP contribution in [0.5, 0.6) is 0 Å². The molecule has 0 radical (unpaired) electrons. The molecule has 0 saturated heterocycles. The van der Waals surface area contributed by atoms with Crippen molar-refractivity contribution >= 4 is 23.2 Å². The van der Waals surface area contributed by atoms with Gasteiger partial charge in [-0.25, -0.2) is 0 Å². The maximum atomic E-state index is 12.0. The zero-order chi connectivity index (χ0) is 14.5. The molecule has 2 atom stereocenters. The van der Waals surface area contributed by atoms with E-state index in [4.69, 9.17) is 0 Å². The SMILES string of the molecule is CC(=O)NCc1ccc(C(=O)NCC2CCCC2O)s1. The number of carbonyl (C=O) groups excluding carboxylic acids is 2. The molecule has 20 heavy (non-hydrogen) atoms. The van der Waals surface area contributed by atoms with Gasteiger partial charge in [0, 0.05) is 24.3 Å². The predicted octanol–water partition coefficient (Wildman–Crippen LogP) is 1.27. The largest absolute Gasteiger partial charge is 0.393 e. The summed E-state index contributed by atoms with van der Waals surface area (Å²) in [6.07, 6.45) is 2.55. The number of hydrogen-bond donors (Lipinski definition) is 3. The number of rotatable bonds is 5. The van der Waals surface area contributed by atoms with Crippen molar-refractivity contribution in [1.29, 1.82) is 0 Å². The number of aliphatic hydroxyl groups is 1. The third-order valence-electron chi connectivity index (χ3n) is 3.54. The summed E-state index contributed by atoms with van der Waals surface area (Å²) in [4.78, 5) is 24.4. The number of amides is 2. The lowest BCUT2D eigenvalue weighted by molar-refractivity contribution is -0.119. The normalized spacial score (nSPS) is 21.7. The van der Waals surface area contributed by atoms with Gasteiger partial charge in [0.05, 0.1) is 17.5 Å². The first-order valence-corrected chi connectivity index (χ1v) is 7.67. The van der Waals surface area contributed by atoms with E-state index in [-0.39, 0.29) is 23.8 Å². The zero-order valence-corrected chi connectivity index (χ0v) is 12.3. The molecular weight excluding hydrogens is 276 g/mol. The monoisotopic (exact) mass is 296 g/mol. The van der Waals surface area contributed by atoms with Gasteiger partial charge < -0.3 is 15.7 Å². The zero-order valence-electron chi connectivity index (χ0n) is 11.5. The minimum atomic E-state index is -0.283. The Labute approximate surface area is 122 Å². The molecule has 2 rings (SSSR count). The summed E-state index contributed by atoms with van der Waals surface area (Å²) in [7, 11) is 0. The Bertz CT molecular complexity index is 487. The average Bonchev–Trinajstić information content (AvgIpc) is 3.02. The third-order valence-corrected chi connectivity index (χ3v) is 4.62. The fourth-order valence-electron chi connectivity index (χ4n) is 2.37. The van der Waals surface area contributed by atoms with E-state index in [1.54, 1.807) is 6.07 Å². The molecule has 1 fully saturated rings. The summed E-state index contributed by atoms with van der Waals surface area (Å²) >= 11 is 1.38. The molecule has 110 valence electrons. The molecule has 1 saturated carbocycles. The molecule has 6 heteroatoms. The van der Waals surface area contributed by atoms with E-state index in [0.717, 1.165) is 24.1 Å². The fourth-order valence-corrected chi connectivity index (χ4v) is 3.24. The topological polar surface area (TPSA) is 78.4 Å². The van der Waals surface area contributed by atoms with E-state index in [0.29, 0.717) is 18.0 Å². The van der Waals surface area contributed by atoms with Crippen LogP contribution in [0.25, 0.3) is 0 Å².